The van der Waals surface area contributed by atoms with Gasteiger partial charge < -0.3 is 19.2 Å². The van der Waals surface area contributed by atoms with E-state index in [0.29, 0.717) is 27.4 Å². The highest BCUT2D eigenvalue weighted by molar-refractivity contribution is 9.10. The van der Waals surface area contributed by atoms with Gasteiger partial charge in [-0.15, -0.1) is 0 Å². The molecule has 1 heterocycles. The lowest BCUT2D eigenvalue weighted by Gasteiger charge is -2.16. The summed E-state index contributed by atoms with van der Waals surface area (Å²) in [5, 5.41) is 9.13. The monoisotopic (exact) mass is 350 g/mol. The van der Waals surface area contributed by atoms with Gasteiger partial charge in [-0.3, -0.25) is 0 Å². The number of nitriles is 1. The van der Waals surface area contributed by atoms with Crippen LogP contribution in [0.25, 0.3) is 11.1 Å². The fourth-order valence-corrected chi connectivity index (χ4v) is 2.99. The summed E-state index contributed by atoms with van der Waals surface area (Å²) in [5.74, 6) is 1.66. The topological polar surface area (TPSA) is 67.3 Å². The minimum atomic E-state index is 0.472. The molecule has 0 radical (unpaired) electrons. The maximum absolute atomic E-state index is 9.13. The van der Waals surface area contributed by atoms with Gasteiger partial charge in [0.05, 0.1) is 25.8 Å². The number of methoxy groups -OCH3 is 3. The Morgan fingerprint density at radius 2 is 1.76 bits per heavy atom. The average Bonchev–Trinajstić information content (AvgIpc) is 2.79. The number of nitrogens with one attached hydrogen (secondary N) is 1. The van der Waals surface area contributed by atoms with E-state index in [1.807, 2.05) is 19.1 Å². The van der Waals surface area contributed by atoms with Crippen molar-refractivity contribution in [2.24, 2.45) is 0 Å². The zero-order valence-electron chi connectivity index (χ0n) is 12.2. The van der Waals surface area contributed by atoms with Crippen LogP contribution >= 0.6 is 15.9 Å². The molecule has 6 heteroatoms. The third kappa shape index (κ3) is 2.45. The molecular formula is C15H15BrN2O3. The van der Waals surface area contributed by atoms with Gasteiger partial charge >= 0.3 is 0 Å². The number of aryl methyl sites for hydroxylation is 1. The summed E-state index contributed by atoms with van der Waals surface area (Å²) in [6.45, 7) is 1.90. The van der Waals surface area contributed by atoms with Crippen LogP contribution in [-0.2, 0) is 0 Å². The number of H-pyrrole nitrogens is 1. The minimum absolute atomic E-state index is 0.472. The summed E-state index contributed by atoms with van der Waals surface area (Å²) in [6.07, 6.45) is 0. The normalized spacial score (nSPS) is 10.1. The van der Waals surface area contributed by atoms with Gasteiger partial charge in [0.25, 0.3) is 0 Å². The van der Waals surface area contributed by atoms with E-state index in [2.05, 4.69) is 27.0 Å². The van der Waals surface area contributed by atoms with Crippen molar-refractivity contribution in [1.29, 1.82) is 5.26 Å². The SMILES string of the molecule is COc1ccc(-c2c(C)[nH]c(C#N)c2Br)c(OC)c1OC. The molecule has 0 aliphatic carbocycles. The van der Waals surface area contributed by atoms with Crippen molar-refractivity contribution >= 4 is 15.9 Å². The molecule has 0 spiro atoms. The van der Waals surface area contributed by atoms with E-state index in [1.165, 1.54) is 0 Å². The molecule has 0 atom stereocenters. The molecule has 21 heavy (non-hydrogen) atoms. The zero-order chi connectivity index (χ0) is 15.6. The molecule has 0 bridgehead atoms. The molecule has 110 valence electrons. The van der Waals surface area contributed by atoms with E-state index < -0.39 is 0 Å². The van der Waals surface area contributed by atoms with Gasteiger partial charge in [-0.05, 0) is 35.0 Å². The molecule has 1 aromatic heterocycles. The summed E-state index contributed by atoms with van der Waals surface area (Å²) in [5.41, 5.74) is 3.02. The number of halogens is 1. The molecule has 1 aromatic carbocycles. The Labute approximate surface area is 131 Å². The number of nitrogens with zero attached hydrogens (tertiary/aromatic N) is 1. The van der Waals surface area contributed by atoms with E-state index in [9.17, 15) is 0 Å². The van der Waals surface area contributed by atoms with Gasteiger partial charge in [0, 0.05) is 16.8 Å². The third-order valence-electron chi connectivity index (χ3n) is 3.21. The number of ether oxygens (including phenoxy) is 3. The Bertz CT molecular complexity index is 717. The molecule has 0 fully saturated rings. The van der Waals surface area contributed by atoms with E-state index in [-0.39, 0.29) is 0 Å². The largest absolute Gasteiger partial charge is 0.493 e. The molecule has 0 aliphatic rings. The van der Waals surface area contributed by atoms with Gasteiger partial charge in [0.1, 0.15) is 11.8 Å². The lowest BCUT2D eigenvalue weighted by Crippen LogP contribution is -1.97. The van der Waals surface area contributed by atoms with E-state index in [1.54, 1.807) is 21.3 Å². The number of benzene rings is 1. The summed E-state index contributed by atoms with van der Waals surface area (Å²) in [4.78, 5) is 3.04. The van der Waals surface area contributed by atoms with Crippen molar-refractivity contribution in [2.75, 3.05) is 21.3 Å². The van der Waals surface area contributed by atoms with Crippen LogP contribution < -0.4 is 14.2 Å². The van der Waals surface area contributed by atoms with Gasteiger partial charge in [-0.25, -0.2) is 0 Å². The van der Waals surface area contributed by atoms with Crippen molar-refractivity contribution in [3.63, 3.8) is 0 Å². The van der Waals surface area contributed by atoms with Crippen LogP contribution in [0.2, 0.25) is 0 Å². The van der Waals surface area contributed by atoms with Crippen molar-refractivity contribution in [2.45, 2.75) is 6.92 Å². The first kappa shape index (κ1) is 15.3. The molecule has 0 amide bonds. The Balaban J connectivity index is 2.76. The second-order valence-electron chi connectivity index (χ2n) is 4.31. The van der Waals surface area contributed by atoms with Gasteiger partial charge in [0.15, 0.2) is 11.5 Å². The highest BCUT2D eigenvalue weighted by Gasteiger charge is 2.22. The molecule has 0 saturated carbocycles. The van der Waals surface area contributed by atoms with Gasteiger partial charge in [-0.2, -0.15) is 5.26 Å². The molecule has 5 nitrogen and oxygen atoms in total. The fraction of sp³-hybridized carbons (Fsp3) is 0.267. The smallest absolute Gasteiger partial charge is 0.203 e. The van der Waals surface area contributed by atoms with Crippen LogP contribution in [0.15, 0.2) is 16.6 Å². The van der Waals surface area contributed by atoms with E-state index in [4.69, 9.17) is 19.5 Å². The first-order valence-corrected chi connectivity index (χ1v) is 6.95. The van der Waals surface area contributed by atoms with Crippen molar-refractivity contribution in [1.82, 2.24) is 4.98 Å². The second-order valence-corrected chi connectivity index (χ2v) is 5.10. The standard InChI is InChI=1S/C15H15BrN2O3/c1-8-12(13(16)10(7-17)18-8)9-5-6-11(19-2)15(21-4)14(9)20-3/h5-6,18H,1-4H3. The van der Waals surface area contributed by atoms with Crippen LogP contribution in [-0.4, -0.2) is 26.3 Å². The number of hydrogen-bond donors (Lipinski definition) is 1. The predicted molar refractivity (Wildman–Crippen MR) is 83.0 cm³/mol. The second kappa shape index (κ2) is 6.10. The molecular weight excluding hydrogens is 336 g/mol. The summed E-state index contributed by atoms with van der Waals surface area (Å²) in [7, 11) is 4.70. The molecule has 0 aliphatic heterocycles. The molecule has 0 unspecified atom stereocenters. The summed E-state index contributed by atoms with van der Waals surface area (Å²) >= 11 is 3.46. The van der Waals surface area contributed by atoms with Gasteiger partial charge in [0.2, 0.25) is 5.75 Å². The maximum Gasteiger partial charge on any atom is 0.203 e. The first-order chi connectivity index (χ1) is 10.1. The Kier molecular flexibility index (Phi) is 4.43. The summed E-state index contributed by atoms with van der Waals surface area (Å²) in [6, 6.07) is 5.80. The van der Waals surface area contributed by atoms with E-state index >= 15 is 0 Å². The average molecular weight is 351 g/mol. The lowest BCUT2D eigenvalue weighted by molar-refractivity contribution is 0.325. The number of rotatable bonds is 4. The first-order valence-electron chi connectivity index (χ1n) is 6.16. The fourth-order valence-electron chi connectivity index (χ4n) is 2.29. The lowest BCUT2D eigenvalue weighted by atomic mass is 10.0. The molecule has 1 N–H and O–H groups in total. The summed E-state index contributed by atoms with van der Waals surface area (Å²) < 4.78 is 16.9. The quantitative estimate of drug-likeness (QED) is 0.913. The third-order valence-corrected chi connectivity index (χ3v) is 4.00. The van der Waals surface area contributed by atoms with Crippen molar-refractivity contribution in [3.05, 3.63) is 28.0 Å². The van der Waals surface area contributed by atoms with Crippen LogP contribution in [0.3, 0.4) is 0 Å². The molecule has 0 saturated heterocycles. The van der Waals surface area contributed by atoms with Gasteiger partial charge in [-0.1, -0.05) is 0 Å². The van der Waals surface area contributed by atoms with Crippen LogP contribution in [0.1, 0.15) is 11.4 Å². The van der Waals surface area contributed by atoms with Crippen LogP contribution in [0, 0.1) is 18.3 Å². The van der Waals surface area contributed by atoms with Crippen molar-refractivity contribution in [3.8, 4) is 34.4 Å². The van der Waals surface area contributed by atoms with Crippen molar-refractivity contribution < 1.29 is 14.2 Å². The van der Waals surface area contributed by atoms with Crippen LogP contribution in [0.4, 0.5) is 0 Å². The highest BCUT2D eigenvalue weighted by atomic mass is 79.9. The van der Waals surface area contributed by atoms with Crippen LogP contribution in [0.5, 0.6) is 17.2 Å². The molecule has 2 rings (SSSR count). The maximum atomic E-state index is 9.13. The predicted octanol–water partition coefficient (Wildman–Crippen LogP) is 3.65. The minimum Gasteiger partial charge on any atom is -0.493 e. The highest BCUT2D eigenvalue weighted by Crippen LogP contribution is 2.47. The Hall–Kier alpha value is -2.13. The number of aromatic amines is 1. The van der Waals surface area contributed by atoms with E-state index in [0.717, 1.165) is 16.8 Å². The molecule has 2 aromatic rings. The number of hydrogen-bond acceptors (Lipinski definition) is 4. The Morgan fingerprint density at radius 3 is 2.24 bits per heavy atom. The zero-order valence-corrected chi connectivity index (χ0v) is 13.8. The Morgan fingerprint density at radius 1 is 1.10 bits per heavy atom. The number of aromatic nitrogens is 1.